The Labute approximate surface area is 156 Å². The minimum atomic E-state index is -0.900. The standard InChI is InChI=1S/C19H18F2N4.ClH/c20-16-7-6-15(11-17(16)21)19-22-18(23-24-19)14-5-3-4-13(10-14)12-25-8-1-2-9-25;/h3-7,10-11H,1-2,8-9,12H2,(H,22,23,24);1H. The summed E-state index contributed by atoms with van der Waals surface area (Å²) in [6.45, 7) is 3.21. The summed E-state index contributed by atoms with van der Waals surface area (Å²) in [5.41, 5.74) is 2.59. The van der Waals surface area contributed by atoms with Gasteiger partial charge in [-0.2, -0.15) is 5.10 Å². The van der Waals surface area contributed by atoms with Gasteiger partial charge in [-0.1, -0.05) is 18.2 Å². The molecule has 0 saturated carbocycles. The van der Waals surface area contributed by atoms with Crippen LogP contribution in [0.5, 0.6) is 0 Å². The number of hydrogen-bond donors (Lipinski definition) is 1. The van der Waals surface area contributed by atoms with Crippen LogP contribution in [0, 0.1) is 11.6 Å². The van der Waals surface area contributed by atoms with E-state index >= 15 is 0 Å². The van der Waals surface area contributed by atoms with Gasteiger partial charge in [-0.05, 0) is 55.8 Å². The van der Waals surface area contributed by atoms with Gasteiger partial charge in [0.15, 0.2) is 23.3 Å². The van der Waals surface area contributed by atoms with Crippen LogP contribution in [0.2, 0.25) is 0 Å². The molecule has 0 bridgehead atoms. The van der Waals surface area contributed by atoms with Crippen LogP contribution in [0.4, 0.5) is 8.78 Å². The van der Waals surface area contributed by atoms with Crippen LogP contribution < -0.4 is 0 Å². The first-order valence-electron chi connectivity index (χ1n) is 8.38. The summed E-state index contributed by atoms with van der Waals surface area (Å²) in [5.74, 6) is -0.817. The quantitative estimate of drug-likeness (QED) is 0.732. The number of benzene rings is 2. The molecule has 1 fully saturated rings. The molecule has 1 N–H and O–H groups in total. The summed E-state index contributed by atoms with van der Waals surface area (Å²) in [6, 6.07) is 11.8. The molecule has 0 atom stereocenters. The zero-order valence-corrected chi connectivity index (χ0v) is 14.9. The average molecular weight is 377 g/mol. The van der Waals surface area contributed by atoms with Crippen molar-refractivity contribution >= 4 is 12.4 Å². The van der Waals surface area contributed by atoms with Gasteiger partial charge in [0, 0.05) is 17.7 Å². The second-order valence-corrected chi connectivity index (χ2v) is 6.32. The van der Waals surface area contributed by atoms with Gasteiger partial charge >= 0.3 is 0 Å². The van der Waals surface area contributed by atoms with Crippen LogP contribution in [0.25, 0.3) is 22.8 Å². The largest absolute Gasteiger partial charge is 0.299 e. The maximum atomic E-state index is 13.4. The van der Waals surface area contributed by atoms with E-state index in [1.54, 1.807) is 0 Å². The molecular weight excluding hydrogens is 358 g/mol. The number of likely N-dealkylation sites (tertiary alicyclic amines) is 1. The zero-order valence-electron chi connectivity index (χ0n) is 14.1. The minimum Gasteiger partial charge on any atom is -0.299 e. The molecule has 0 radical (unpaired) electrons. The van der Waals surface area contributed by atoms with Gasteiger partial charge in [-0.3, -0.25) is 10.00 Å². The second-order valence-electron chi connectivity index (χ2n) is 6.32. The SMILES string of the molecule is Cl.Fc1ccc(-c2nc(-c3cccc(CN4CCCC4)c3)n[nH]2)cc1F. The van der Waals surface area contributed by atoms with Crippen molar-refractivity contribution in [2.75, 3.05) is 13.1 Å². The normalized spacial score (nSPS) is 14.4. The monoisotopic (exact) mass is 376 g/mol. The van der Waals surface area contributed by atoms with Crippen LogP contribution in [0.15, 0.2) is 42.5 Å². The highest BCUT2D eigenvalue weighted by atomic mass is 35.5. The predicted octanol–water partition coefficient (Wildman–Crippen LogP) is 4.43. The first kappa shape index (κ1) is 18.5. The first-order valence-corrected chi connectivity index (χ1v) is 8.38. The Kier molecular flexibility index (Phi) is 5.64. The second kappa shape index (κ2) is 7.93. The molecule has 26 heavy (non-hydrogen) atoms. The maximum absolute atomic E-state index is 13.4. The van der Waals surface area contributed by atoms with E-state index in [9.17, 15) is 8.78 Å². The fourth-order valence-corrected chi connectivity index (χ4v) is 3.17. The fraction of sp³-hybridized carbons (Fsp3) is 0.263. The molecule has 0 spiro atoms. The van der Waals surface area contributed by atoms with Gasteiger partial charge in [0.1, 0.15) is 0 Å². The third kappa shape index (κ3) is 3.92. The molecule has 2 aromatic carbocycles. The van der Waals surface area contributed by atoms with Gasteiger partial charge in [0.25, 0.3) is 0 Å². The topological polar surface area (TPSA) is 44.8 Å². The molecule has 4 nitrogen and oxygen atoms in total. The van der Waals surface area contributed by atoms with Gasteiger partial charge in [-0.15, -0.1) is 12.4 Å². The fourth-order valence-electron chi connectivity index (χ4n) is 3.17. The number of aromatic amines is 1. The zero-order chi connectivity index (χ0) is 17.2. The molecule has 0 unspecified atom stereocenters. The van der Waals surface area contributed by atoms with Crippen molar-refractivity contribution in [3.63, 3.8) is 0 Å². The molecule has 1 aliphatic heterocycles. The van der Waals surface area contributed by atoms with E-state index in [2.05, 4.69) is 32.2 Å². The van der Waals surface area contributed by atoms with Crippen LogP contribution in [-0.2, 0) is 6.54 Å². The molecule has 1 aliphatic rings. The summed E-state index contributed by atoms with van der Waals surface area (Å²) in [6.07, 6.45) is 2.52. The number of hydrogen-bond acceptors (Lipinski definition) is 3. The number of nitrogens with zero attached hydrogens (tertiary/aromatic N) is 3. The predicted molar refractivity (Wildman–Crippen MR) is 98.9 cm³/mol. The molecule has 136 valence electrons. The van der Waals surface area contributed by atoms with E-state index in [1.165, 1.54) is 24.5 Å². The number of aromatic nitrogens is 3. The number of halogens is 3. The molecule has 0 amide bonds. The summed E-state index contributed by atoms with van der Waals surface area (Å²) < 4.78 is 26.5. The highest BCUT2D eigenvalue weighted by Crippen LogP contribution is 2.23. The molecule has 7 heteroatoms. The van der Waals surface area contributed by atoms with Crippen molar-refractivity contribution in [3.8, 4) is 22.8 Å². The Hall–Kier alpha value is -2.31. The van der Waals surface area contributed by atoms with Crippen molar-refractivity contribution < 1.29 is 8.78 Å². The molecule has 4 rings (SSSR count). The molecule has 1 aromatic heterocycles. The smallest absolute Gasteiger partial charge is 0.181 e. The third-order valence-electron chi connectivity index (χ3n) is 4.47. The Morgan fingerprint density at radius 1 is 0.962 bits per heavy atom. The van der Waals surface area contributed by atoms with Crippen molar-refractivity contribution in [1.82, 2.24) is 20.1 Å². The summed E-state index contributed by atoms with van der Waals surface area (Å²) >= 11 is 0. The molecular formula is C19H19ClF2N4. The maximum Gasteiger partial charge on any atom is 0.181 e. The van der Waals surface area contributed by atoms with Crippen molar-refractivity contribution in [2.45, 2.75) is 19.4 Å². The lowest BCUT2D eigenvalue weighted by atomic mass is 10.1. The van der Waals surface area contributed by atoms with E-state index in [4.69, 9.17) is 0 Å². The molecule has 2 heterocycles. The Balaban J connectivity index is 0.00000196. The van der Waals surface area contributed by atoms with Crippen LogP contribution in [0.3, 0.4) is 0 Å². The van der Waals surface area contributed by atoms with Gasteiger partial charge < -0.3 is 0 Å². The average Bonchev–Trinajstić information content (AvgIpc) is 3.29. The first-order chi connectivity index (χ1) is 12.2. The van der Waals surface area contributed by atoms with Crippen molar-refractivity contribution in [1.29, 1.82) is 0 Å². The Morgan fingerprint density at radius 2 is 1.77 bits per heavy atom. The summed E-state index contributed by atoms with van der Waals surface area (Å²) in [5, 5.41) is 7.02. The molecule has 3 aromatic rings. The number of H-pyrrole nitrogens is 1. The molecule has 1 saturated heterocycles. The summed E-state index contributed by atoms with van der Waals surface area (Å²) in [4.78, 5) is 6.86. The Bertz CT molecular complexity index is 891. The van der Waals surface area contributed by atoms with Crippen LogP contribution in [0.1, 0.15) is 18.4 Å². The third-order valence-corrected chi connectivity index (χ3v) is 4.47. The van der Waals surface area contributed by atoms with E-state index in [0.717, 1.165) is 37.3 Å². The van der Waals surface area contributed by atoms with E-state index in [-0.39, 0.29) is 12.4 Å². The number of nitrogens with one attached hydrogen (secondary N) is 1. The van der Waals surface area contributed by atoms with Crippen LogP contribution >= 0.6 is 12.4 Å². The van der Waals surface area contributed by atoms with Crippen molar-refractivity contribution in [3.05, 3.63) is 59.7 Å². The van der Waals surface area contributed by atoms with Crippen LogP contribution in [-0.4, -0.2) is 33.2 Å². The van der Waals surface area contributed by atoms with Crippen molar-refractivity contribution in [2.24, 2.45) is 0 Å². The van der Waals surface area contributed by atoms with Gasteiger partial charge in [0.05, 0.1) is 0 Å². The highest BCUT2D eigenvalue weighted by molar-refractivity contribution is 5.85. The Morgan fingerprint density at radius 3 is 2.54 bits per heavy atom. The minimum absolute atomic E-state index is 0. The lowest BCUT2D eigenvalue weighted by Crippen LogP contribution is -2.18. The van der Waals surface area contributed by atoms with Gasteiger partial charge in [0.2, 0.25) is 0 Å². The van der Waals surface area contributed by atoms with E-state index < -0.39 is 11.6 Å². The van der Waals surface area contributed by atoms with Gasteiger partial charge in [-0.25, -0.2) is 13.8 Å². The lowest BCUT2D eigenvalue weighted by molar-refractivity contribution is 0.331. The molecule has 0 aliphatic carbocycles. The number of rotatable bonds is 4. The highest BCUT2D eigenvalue weighted by Gasteiger charge is 2.14. The van der Waals surface area contributed by atoms with E-state index in [1.807, 2.05) is 12.1 Å². The van der Waals surface area contributed by atoms with E-state index in [0.29, 0.717) is 17.2 Å². The summed E-state index contributed by atoms with van der Waals surface area (Å²) in [7, 11) is 0. The lowest BCUT2D eigenvalue weighted by Gasteiger charge is -2.14.